The van der Waals surface area contributed by atoms with Gasteiger partial charge in [0.05, 0.1) is 0 Å². The van der Waals surface area contributed by atoms with Gasteiger partial charge in [0.2, 0.25) is 0 Å². The van der Waals surface area contributed by atoms with Crippen LogP contribution in [-0.2, 0) is 9.47 Å². The van der Waals surface area contributed by atoms with Crippen LogP contribution in [0.25, 0.3) is 0 Å². The first-order valence-electron chi connectivity index (χ1n) is 8.34. The Labute approximate surface area is 119 Å². The van der Waals surface area contributed by atoms with Crippen molar-refractivity contribution in [2.24, 2.45) is 23.7 Å². The number of hydrogen-bond acceptors (Lipinski definition) is 2. The molecule has 2 aliphatic carbocycles. The van der Waals surface area contributed by atoms with Crippen molar-refractivity contribution in [2.45, 2.75) is 57.8 Å². The summed E-state index contributed by atoms with van der Waals surface area (Å²) in [5.41, 5.74) is 0. The van der Waals surface area contributed by atoms with Crippen molar-refractivity contribution >= 4 is 0 Å². The molecule has 19 heavy (non-hydrogen) atoms. The lowest BCUT2D eigenvalue weighted by Gasteiger charge is -2.38. The number of hydrogen-bond donors (Lipinski definition) is 0. The van der Waals surface area contributed by atoms with E-state index in [-0.39, 0.29) is 0 Å². The Bertz CT molecular complexity index is 229. The highest BCUT2D eigenvalue weighted by atomic mass is 16.5. The van der Waals surface area contributed by atoms with E-state index in [2.05, 4.69) is 0 Å². The molecule has 2 unspecified atom stereocenters. The van der Waals surface area contributed by atoms with Gasteiger partial charge in [-0.05, 0) is 23.7 Å². The Balaban J connectivity index is 2.02. The summed E-state index contributed by atoms with van der Waals surface area (Å²) in [4.78, 5) is 0. The van der Waals surface area contributed by atoms with Gasteiger partial charge < -0.3 is 9.47 Å². The van der Waals surface area contributed by atoms with Crippen molar-refractivity contribution in [2.75, 3.05) is 27.4 Å². The largest absolute Gasteiger partial charge is 0.384 e. The van der Waals surface area contributed by atoms with Crippen molar-refractivity contribution in [3.63, 3.8) is 0 Å². The van der Waals surface area contributed by atoms with E-state index in [4.69, 9.17) is 9.47 Å². The van der Waals surface area contributed by atoms with Gasteiger partial charge >= 0.3 is 0 Å². The molecule has 2 heteroatoms. The molecule has 0 amide bonds. The van der Waals surface area contributed by atoms with Crippen LogP contribution in [0.15, 0.2) is 0 Å². The molecule has 112 valence electrons. The van der Waals surface area contributed by atoms with Gasteiger partial charge in [-0.25, -0.2) is 0 Å². The van der Waals surface area contributed by atoms with Crippen LogP contribution in [0, 0.1) is 23.7 Å². The summed E-state index contributed by atoms with van der Waals surface area (Å²) >= 11 is 0. The molecule has 0 N–H and O–H groups in total. The van der Waals surface area contributed by atoms with Crippen LogP contribution in [0.1, 0.15) is 57.8 Å². The highest BCUT2D eigenvalue weighted by molar-refractivity contribution is 4.85. The summed E-state index contributed by atoms with van der Waals surface area (Å²) in [6, 6.07) is 0. The minimum atomic E-state index is 0.730. The molecule has 0 spiro atoms. The normalized spacial score (nSPS) is 25.6. The van der Waals surface area contributed by atoms with E-state index in [9.17, 15) is 0 Å². The average molecular weight is 268 g/mol. The van der Waals surface area contributed by atoms with Gasteiger partial charge in [0, 0.05) is 27.4 Å². The highest BCUT2D eigenvalue weighted by Gasteiger charge is 2.36. The summed E-state index contributed by atoms with van der Waals surface area (Å²) in [5.74, 6) is 3.24. The highest BCUT2D eigenvalue weighted by Crippen LogP contribution is 2.42. The molecule has 0 aromatic heterocycles. The quantitative estimate of drug-likeness (QED) is 0.686. The first kappa shape index (κ1) is 15.3. The molecule has 2 fully saturated rings. The molecule has 0 aliphatic heterocycles. The Morgan fingerprint density at radius 2 is 1.05 bits per heavy atom. The molecule has 2 saturated carbocycles. The second-order valence-electron chi connectivity index (χ2n) is 6.68. The summed E-state index contributed by atoms with van der Waals surface area (Å²) < 4.78 is 11.2. The predicted molar refractivity (Wildman–Crippen MR) is 79.3 cm³/mol. The summed E-state index contributed by atoms with van der Waals surface area (Å²) in [6.45, 7) is 1.88. The fraction of sp³-hybridized carbons (Fsp3) is 1.00. The maximum absolute atomic E-state index is 5.59. The monoisotopic (exact) mass is 268 g/mol. The SMILES string of the molecule is COCC(C1CCCCC1)C(COC)C1CCCC1. The third-order valence-corrected chi connectivity index (χ3v) is 5.53. The smallest absolute Gasteiger partial charge is 0.0496 e. The molecule has 0 heterocycles. The second-order valence-corrected chi connectivity index (χ2v) is 6.68. The maximum atomic E-state index is 5.59. The standard InChI is InChI=1S/C17H32O2/c1-18-12-16(14-8-4-3-5-9-14)17(13-19-2)15-10-6-7-11-15/h14-17H,3-13H2,1-2H3. The van der Waals surface area contributed by atoms with E-state index in [1.165, 1.54) is 57.8 Å². The fourth-order valence-corrected chi connectivity index (χ4v) is 4.55. The first-order chi connectivity index (χ1) is 9.36. The van der Waals surface area contributed by atoms with E-state index in [0.717, 1.165) is 36.9 Å². The Morgan fingerprint density at radius 3 is 1.42 bits per heavy atom. The van der Waals surface area contributed by atoms with Crippen LogP contribution in [0.2, 0.25) is 0 Å². The molecular weight excluding hydrogens is 236 g/mol. The van der Waals surface area contributed by atoms with Gasteiger partial charge in [-0.3, -0.25) is 0 Å². The molecule has 0 aromatic carbocycles. The third kappa shape index (κ3) is 4.19. The third-order valence-electron chi connectivity index (χ3n) is 5.53. The molecule has 2 nitrogen and oxygen atoms in total. The fourth-order valence-electron chi connectivity index (χ4n) is 4.55. The van der Waals surface area contributed by atoms with Crippen molar-refractivity contribution in [1.29, 1.82) is 0 Å². The molecule has 0 aromatic rings. The van der Waals surface area contributed by atoms with Crippen molar-refractivity contribution in [3.8, 4) is 0 Å². The first-order valence-corrected chi connectivity index (χ1v) is 8.34. The van der Waals surface area contributed by atoms with Crippen LogP contribution < -0.4 is 0 Å². The minimum absolute atomic E-state index is 0.730. The number of ether oxygens (including phenoxy) is 2. The van der Waals surface area contributed by atoms with E-state index < -0.39 is 0 Å². The minimum Gasteiger partial charge on any atom is -0.384 e. The van der Waals surface area contributed by atoms with E-state index in [0.29, 0.717) is 0 Å². The van der Waals surface area contributed by atoms with Gasteiger partial charge in [-0.2, -0.15) is 0 Å². The Kier molecular flexibility index (Phi) is 6.66. The van der Waals surface area contributed by atoms with Gasteiger partial charge in [0.15, 0.2) is 0 Å². The van der Waals surface area contributed by atoms with Gasteiger partial charge in [0.25, 0.3) is 0 Å². The average Bonchev–Trinajstić information content (AvgIpc) is 2.97. The molecule has 2 atom stereocenters. The van der Waals surface area contributed by atoms with Crippen LogP contribution in [0.3, 0.4) is 0 Å². The zero-order valence-electron chi connectivity index (χ0n) is 12.9. The summed E-state index contributed by atoms with van der Waals surface area (Å²) in [6.07, 6.45) is 12.8. The number of rotatable bonds is 7. The van der Waals surface area contributed by atoms with Gasteiger partial charge in [-0.1, -0.05) is 57.8 Å². The van der Waals surface area contributed by atoms with E-state index in [1.54, 1.807) is 0 Å². The predicted octanol–water partition coefficient (Wildman–Crippen LogP) is 4.28. The van der Waals surface area contributed by atoms with Crippen LogP contribution >= 0.6 is 0 Å². The molecular formula is C17H32O2. The maximum Gasteiger partial charge on any atom is 0.0496 e. The lowest BCUT2D eigenvalue weighted by Crippen LogP contribution is -2.35. The summed E-state index contributed by atoms with van der Waals surface area (Å²) in [5, 5.41) is 0. The van der Waals surface area contributed by atoms with Crippen LogP contribution in [0.5, 0.6) is 0 Å². The van der Waals surface area contributed by atoms with Crippen molar-refractivity contribution in [3.05, 3.63) is 0 Å². The topological polar surface area (TPSA) is 18.5 Å². The second kappa shape index (κ2) is 8.26. The van der Waals surface area contributed by atoms with Gasteiger partial charge in [-0.15, -0.1) is 0 Å². The molecule has 0 bridgehead atoms. The number of methoxy groups -OCH3 is 2. The molecule has 2 aliphatic rings. The van der Waals surface area contributed by atoms with E-state index in [1.807, 2.05) is 14.2 Å². The van der Waals surface area contributed by atoms with Gasteiger partial charge in [0.1, 0.15) is 0 Å². The zero-order valence-corrected chi connectivity index (χ0v) is 12.9. The molecule has 0 saturated heterocycles. The van der Waals surface area contributed by atoms with Crippen LogP contribution in [0.4, 0.5) is 0 Å². The zero-order chi connectivity index (χ0) is 13.5. The lowest BCUT2D eigenvalue weighted by atomic mass is 9.70. The van der Waals surface area contributed by atoms with Crippen molar-refractivity contribution in [1.82, 2.24) is 0 Å². The van der Waals surface area contributed by atoms with Crippen LogP contribution in [-0.4, -0.2) is 27.4 Å². The summed E-state index contributed by atoms with van der Waals surface area (Å²) in [7, 11) is 3.74. The molecule has 0 radical (unpaired) electrons. The molecule has 2 rings (SSSR count). The van der Waals surface area contributed by atoms with E-state index >= 15 is 0 Å². The lowest BCUT2D eigenvalue weighted by molar-refractivity contribution is 0.00529. The Hall–Kier alpha value is -0.0800. The van der Waals surface area contributed by atoms with Crippen molar-refractivity contribution < 1.29 is 9.47 Å². The Morgan fingerprint density at radius 1 is 0.684 bits per heavy atom.